The van der Waals surface area contributed by atoms with Crippen LogP contribution in [0.1, 0.15) is 79.7 Å². The highest BCUT2D eigenvalue weighted by Crippen LogP contribution is 2.41. The third-order valence-electron chi connectivity index (χ3n) is 8.06. The van der Waals surface area contributed by atoms with E-state index in [1.54, 1.807) is 12.1 Å². The molecule has 38 heavy (non-hydrogen) atoms. The van der Waals surface area contributed by atoms with Crippen molar-refractivity contribution in [3.05, 3.63) is 93.6 Å². The fraction of sp³-hybridized carbons (Fsp3) is 0.419. The van der Waals surface area contributed by atoms with Crippen molar-refractivity contribution in [1.82, 2.24) is 0 Å². The molecule has 0 aromatic heterocycles. The van der Waals surface area contributed by atoms with Crippen LogP contribution in [-0.2, 0) is 17.6 Å². The smallest absolute Gasteiger partial charge is 0.167 e. The van der Waals surface area contributed by atoms with E-state index in [1.807, 2.05) is 6.92 Å². The van der Waals surface area contributed by atoms with Crippen LogP contribution in [0.3, 0.4) is 0 Å². The lowest BCUT2D eigenvalue weighted by atomic mass is 9.76. The summed E-state index contributed by atoms with van der Waals surface area (Å²) in [6.45, 7) is 2.22. The van der Waals surface area contributed by atoms with E-state index in [2.05, 4.69) is 0 Å². The molecule has 7 heteroatoms. The molecule has 0 N–H and O–H groups in total. The summed E-state index contributed by atoms with van der Waals surface area (Å²) in [7, 11) is 0. The minimum absolute atomic E-state index is 0.0712. The van der Waals surface area contributed by atoms with Crippen LogP contribution in [0.2, 0.25) is 0 Å². The summed E-state index contributed by atoms with van der Waals surface area (Å²) in [5.74, 6) is -6.01. The summed E-state index contributed by atoms with van der Waals surface area (Å²) in [5.41, 5.74) is 0.417. The van der Waals surface area contributed by atoms with Crippen molar-refractivity contribution in [1.29, 1.82) is 0 Å². The summed E-state index contributed by atoms with van der Waals surface area (Å²) in [6.07, 6.45) is 4.64. The molecule has 1 aliphatic carbocycles. The molecule has 1 saturated heterocycles. The SMILES string of the molecule is CCCc1ccc(CCC2CCC(c3ccc(-c4ccc(C5CO5)c(F)c4F)c(F)c3F)CC2)c(F)c1F. The minimum Gasteiger partial charge on any atom is -0.368 e. The molecular formula is C31H30F6O. The quantitative estimate of drug-likeness (QED) is 0.208. The zero-order valence-corrected chi connectivity index (χ0v) is 21.2. The van der Waals surface area contributed by atoms with Gasteiger partial charge in [-0.2, -0.15) is 0 Å². The summed E-state index contributed by atoms with van der Waals surface area (Å²) >= 11 is 0. The topological polar surface area (TPSA) is 12.5 Å². The van der Waals surface area contributed by atoms with Crippen LogP contribution in [0, 0.1) is 40.8 Å². The van der Waals surface area contributed by atoms with Gasteiger partial charge in [0.1, 0.15) is 6.10 Å². The molecule has 2 fully saturated rings. The second-order valence-corrected chi connectivity index (χ2v) is 10.5. The van der Waals surface area contributed by atoms with Crippen molar-refractivity contribution in [3.8, 4) is 11.1 Å². The minimum atomic E-state index is -1.22. The molecule has 1 nitrogen and oxygen atoms in total. The molecule has 5 rings (SSSR count). The third kappa shape index (κ3) is 5.22. The van der Waals surface area contributed by atoms with E-state index in [0.29, 0.717) is 49.8 Å². The zero-order chi connectivity index (χ0) is 27.0. The average Bonchev–Trinajstić information content (AvgIpc) is 3.76. The average molecular weight is 533 g/mol. The van der Waals surface area contributed by atoms with Gasteiger partial charge in [0.15, 0.2) is 34.9 Å². The van der Waals surface area contributed by atoms with Gasteiger partial charge in [-0.15, -0.1) is 0 Å². The molecule has 1 heterocycles. The van der Waals surface area contributed by atoms with Crippen LogP contribution in [0.25, 0.3) is 11.1 Å². The monoisotopic (exact) mass is 532 g/mol. The highest BCUT2D eigenvalue weighted by Gasteiger charge is 2.32. The highest BCUT2D eigenvalue weighted by molar-refractivity contribution is 5.66. The predicted molar refractivity (Wildman–Crippen MR) is 134 cm³/mol. The number of hydrogen-bond acceptors (Lipinski definition) is 1. The summed E-state index contributed by atoms with van der Waals surface area (Å²) in [5, 5.41) is 0. The first-order valence-corrected chi connectivity index (χ1v) is 13.3. The van der Waals surface area contributed by atoms with Crippen molar-refractivity contribution >= 4 is 0 Å². The van der Waals surface area contributed by atoms with E-state index in [9.17, 15) is 17.6 Å². The molecule has 202 valence electrons. The molecule has 3 aromatic rings. The van der Waals surface area contributed by atoms with Crippen molar-refractivity contribution in [2.24, 2.45) is 5.92 Å². The summed E-state index contributed by atoms with van der Waals surface area (Å²) < 4.78 is 93.0. The van der Waals surface area contributed by atoms with Crippen molar-refractivity contribution in [2.75, 3.05) is 6.61 Å². The first-order valence-electron chi connectivity index (χ1n) is 13.3. The number of halogens is 6. The fourth-order valence-electron chi connectivity index (χ4n) is 5.74. The molecule has 1 aliphatic heterocycles. The predicted octanol–water partition coefficient (Wildman–Crippen LogP) is 9.12. The lowest BCUT2D eigenvalue weighted by molar-refractivity contribution is 0.303. The first-order chi connectivity index (χ1) is 18.3. The van der Waals surface area contributed by atoms with Crippen LogP contribution < -0.4 is 0 Å². The second-order valence-electron chi connectivity index (χ2n) is 10.5. The van der Waals surface area contributed by atoms with Gasteiger partial charge in [-0.05, 0) is 73.5 Å². The Labute approximate surface area is 218 Å². The van der Waals surface area contributed by atoms with E-state index in [0.717, 1.165) is 19.3 Å². The van der Waals surface area contributed by atoms with E-state index < -0.39 is 41.0 Å². The number of hydrogen-bond donors (Lipinski definition) is 0. The number of aryl methyl sites for hydroxylation is 2. The Kier molecular flexibility index (Phi) is 7.85. The van der Waals surface area contributed by atoms with Gasteiger partial charge in [-0.1, -0.05) is 49.7 Å². The lowest BCUT2D eigenvalue weighted by Gasteiger charge is -2.29. The molecule has 0 radical (unpaired) electrons. The molecule has 1 unspecified atom stereocenters. The molecule has 0 bridgehead atoms. The Morgan fingerprint density at radius 3 is 1.71 bits per heavy atom. The number of epoxide rings is 1. The summed E-state index contributed by atoms with van der Waals surface area (Å²) in [4.78, 5) is 0. The van der Waals surface area contributed by atoms with Crippen LogP contribution in [0.15, 0.2) is 36.4 Å². The molecule has 1 saturated carbocycles. The van der Waals surface area contributed by atoms with Crippen molar-refractivity contribution in [3.63, 3.8) is 0 Å². The Bertz CT molecular complexity index is 1320. The van der Waals surface area contributed by atoms with E-state index in [1.165, 1.54) is 24.3 Å². The fourth-order valence-corrected chi connectivity index (χ4v) is 5.74. The lowest BCUT2D eigenvalue weighted by Crippen LogP contribution is -2.16. The standard InChI is InChI=1S/C31H30F6O/c1-2-3-19-10-11-20(27(33)26(19)32)9-6-17-4-7-18(8-5-17)21-12-13-22(29(35)28(21)34)23-14-15-24(25-16-38-25)31(37)30(23)36/h10-15,17-18,25H,2-9,16H2,1H3. The second kappa shape index (κ2) is 11.1. The largest absolute Gasteiger partial charge is 0.368 e. The van der Waals surface area contributed by atoms with Crippen LogP contribution >= 0.6 is 0 Å². The Balaban J connectivity index is 1.23. The van der Waals surface area contributed by atoms with Gasteiger partial charge in [0.25, 0.3) is 0 Å². The van der Waals surface area contributed by atoms with Gasteiger partial charge in [0, 0.05) is 16.7 Å². The van der Waals surface area contributed by atoms with Gasteiger partial charge in [0.05, 0.1) is 6.61 Å². The van der Waals surface area contributed by atoms with Gasteiger partial charge in [-0.3, -0.25) is 0 Å². The normalized spacial score (nSPS) is 21.1. The molecule has 3 aromatic carbocycles. The maximum Gasteiger partial charge on any atom is 0.167 e. The van der Waals surface area contributed by atoms with E-state index in [4.69, 9.17) is 4.74 Å². The summed E-state index contributed by atoms with van der Waals surface area (Å²) in [6, 6.07) is 8.69. The van der Waals surface area contributed by atoms with Gasteiger partial charge < -0.3 is 4.74 Å². The maximum atomic E-state index is 15.1. The van der Waals surface area contributed by atoms with Crippen LogP contribution in [0.4, 0.5) is 26.3 Å². The first kappa shape index (κ1) is 26.8. The highest BCUT2D eigenvalue weighted by atomic mass is 19.2. The van der Waals surface area contributed by atoms with E-state index in [-0.39, 0.29) is 34.1 Å². The van der Waals surface area contributed by atoms with Gasteiger partial charge in [-0.25, -0.2) is 26.3 Å². The Morgan fingerprint density at radius 1 is 0.632 bits per heavy atom. The zero-order valence-electron chi connectivity index (χ0n) is 21.2. The Hall–Kier alpha value is -2.80. The van der Waals surface area contributed by atoms with Crippen LogP contribution in [-0.4, -0.2) is 6.61 Å². The molecule has 1 atom stereocenters. The van der Waals surface area contributed by atoms with Gasteiger partial charge in [0.2, 0.25) is 0 Å². The number of ether oxygens (including phenoxy) is 1. The molecular weight excluding hydrogens is 502 g/mol. The molecule has 0 amide bonds. The van der Waals surface area contributed by atoms with Crippen molar-refractivity contribution < 1.29 is 31.1 Å². The molecule has 2 aliphatic rings. The van der Waals surface area contributed by atoms with Crippen molar-refractivity contribution in [2.45, 2.75) is 70.3 Å². The Morgan fingerprint density at radius 2 is 1.16 bits per heavy atom. The third-order valence-corrected chi connectivity index (χ3v) is 8.06. The number of benzene rings is 3. The van der Waals surface area contributed by atoms with Crippen LogP contribution in [0.5, 0.6) is 0 Å². The van der Waals surface area contributed by atoms with E-state index >= 15 is 8.78 Å². The van der Waals surface area contributed by atoms with Gasteiger partial charge >= 0.3 is 0 Å². The maximum absolute atomic E-state index is 15.1. The number of rotatable bonds is 8. The molecule has 0 spiro atoms.